The van der Waals surface area contributed by atoms with E-state index in [0.29, 0.717) is 13.2 Å². The molecular weight excluding hydrogens is 228 g/mol. The van der Waals surface area contributed by atoms with Crippen molar-refractivity contribution in [3.05, 3.63) is 35.9 Å². The van der Waals surface area contributed by atoms with E-state index >= 15 is 0 Å². The number of rotatable bonds is 7. The van der Waals surface area contributed by atoms with Gasteiger partial charge in [0, 0.05) is 6.54 Å². The Morgan fingerprint density at radius 1 is 1.39 bits per heavy atom. The molecule has 0 fully saturated rings. The maximum absolute atomic E-state index is 9.77. The standard InChI is InChI=1S/C14H20N2O2/c1-12(8-15)16(2)9-14(17)11-18-10-13-6-4-3-5-7-13/h3-7,12,14,17H,9-11H2,1-2H3. The molecule has 2 unspecified atom stereocenters. The Labute approximate surface area is 108 Å². The van der Waals surface area contributed by atoms with Gasteiger partial charge >= 0.3 is 0 Å². The summed E-state index contributed by atoms with van der Waals surface area (Å²) >= 11 is 0. The van der Waals surface area contributed by atoms with Crippen LogP contribution in [0.1, 0.15) is 12.5 Å². The van der Waals surface area contributed by atoms with Gasteiger partial charge < -0.3 is 9.84 Å². The summed E-state index contributed by atoms with van der Waals surface area (Å²) in [6.07, 6.45) is -0.575. The third kappa shape index (κ3) is 5.28. The monoisotopic (exact) mass is 248 g/mol. The molecule has 0 saturated heterocycles. The highest BCUT2D eigenvalue weighted by Crippen LogP contribution is 2.02. The van der Waals surface area contributed by atoms with Gasteiger partial charge in [-0.1, -0.05) is 30.3 Å². The molecule has 0 amide bonds. The first-order valence-corrected chi connectivity index (χ1v) is 6.03. The zero-order chi connectivity index (χ0) is 13.4. The first-order valence-electron chi connectivity index (χ1n) is 6.03. The van der Waals surface area contributed by atoms with Crippen LogP contribution in [0.25, 0.3) is 0 Å². The Bertz CT molecular complexity index is 375. The summed E-state index contributed by atoms with van der Waals surface area (Å²) in [6.45, 7) is 3.01. The van der Waals surface area contributed by atoms with Gasteiger partial charge in [0.2, 0.25) is 0 Å². The molecule has 4 nitrogen and oxygen atoms in total. The SMILES string of the molecule is CC(C#N)N(C)CC(O)COCc1ccccc1. The fourth-order valence-corrected chi connectivity index (χ4v) is 1.53. The van der Waals surface area contributed by atoms with Gasteiger partial charge in [-0.2, -0.15) is 5.26 Å². The van der Waals surface area contributed by atoms with Crippen molar-refractivity contribution in [1.82, 2.24) is 4.90 Å². The van der Waals surface area contributed by atoms with Gasteiger partial charge in [0.1, 0.15) is 0 Å². The second kappa shape index (κ2) is 7.83. The number of aliphatic hydroxyl groups is 1. The van der Waals surface area contributed by atoms with Gasteiger partial charge in [0.05, 0.1) is 31.4 Å². The summed E-state index contributed by atoms with van der Waals surface area (Å²) in [6, 6.07) is 11.8. The van der Waals surface area contributed by atoms with E-state index in [9.17, 15) is 5.11 Å². The molecule has 0 aromatic heterocycles. The Kier molecular flexibility index (Phi) is 6.37. The van der Waals surface area contributed by atoms with Crippen LogP contribution in [-0.4, -0.2) is 42.4 Å². The molecule has 0 aliphatic carbocycles. The van der Waals surface area contributed by atoms with E-state index in [4.69, 9.17) is 10.00 Å². The smallest absolute Gasteiger partial charge is 0.0947 e. The third-order valence-electron chi connectivity index (χ3n) is 2.77. The van der Waals surface area contributed by atoms with E-state index in [1.54, 1.807) is 11.8 Å². The Balaban J connectivity index is 2.22. The Morgan fingerprint density at radius 3 is 2.67 bits per heavy atom. The number of ether oxygens (including phenoxy) is 1. The number of hydrogen-bond acceptors (Lipinski definition) is 4. The van der Waals surface area contributed by atoms with Crippen LogP contribution in [0.5, 0.6) is 0 Å². The molecule has 98 valence electrons. The van der Waals surface area contributed by atoms with Crippen molar-refractivity contribution in [3.8, 4) is 6.07 Å². The van der Waals surface area contributed by atoms with Crippen LogP contribution >= 0.6 is 0 Å². The average molecular weight is 248 g/mol. The van der Waals surface area contributed by atoms with E-state index in [2.05, 4.69) is 6.07 Å². The molecule has 18 heavy (non-hydrogen) atoms. The summed E-state index contributed by atoms with van der Waals surface area (Å²) < 4.78 is 5.44. The zero-order valence-corrected chi connectivity index (χ0v) is 10.9. The van der Waals surface area contributed by atoms with Crippen molar-refractivity contribution >= 4 is 0 Å². The van der Waals surface area contributed by atoms with Crippen molar-refractivity contribution in [3.63, 3.8) is 0 Å². The summed E-state index contributed by atoms with van der Waals surface area (Å²) in [5.41, 5.74) is 1.09. The Hall–Kier alpha value is -1.41. The molecule has 0 heterocycles. The highest BCUT2D eigenvalue weighted by Gasteiger charge is 2.13. The summed E-state index contributed by atoms with van der Waals surface area (Å²) in [7, 11) is 1.81. The van der Waals surface area contributed by atoms with Crippen LogP contribution in [0, 0.1) is 11.3 Å². The van der Waals surface area contributed by atoms with Crippen LogP contribution in [0.2, 0.25) is 0 Å². The largest absolute Gasteiger partial charge is 0.389 e. The molecule has 0 saturated carbocycles. The molecule has 2 atom stereocenters. The van der Waals surface area contributed by atoms with Crippen LogP contribution in [0.3, 0.4) is 0 Å². The van der Waals surface area contributed by atoms with Crippen LogP contribution in [-0.2, 0) is 11.3 Å². The molecule has 0 aliphatic rings. The van der Waals surface area contributed by atoms with Crippen molar-refractivity contribution in [2.75, 3.05) is 20.2 Å². The lowest BCUT2D eigenvalue weighted by Gasteiger charge is -2.22. The van der Waals surface area contributed by atoms with E-state index in [1.165, 1.54) is 0 Å². The van der Waals surface area contributed by atoms with Gasteiger partial charge in [-0.05, 0) is 19.5 Å². The highest BCUT2D eigenvalue weighted by atomic mass is 16.5. The molecule has 0 bridgehead atoms. The number of nitriles is 1. The summed E-state index contributed by atoms with van der Waals surface area (Å²) in [4.78, 5) is 1.80. The minimum Gasteiger partial charge on any atom is -0.389 e. The molecule has 1 aromatic rings. The molecule has 4 heteroatoms. The van der Waals surface area contributed by atoms with Crippen molar-refractivity contribution < 1.29 is 9.84 Å². The lowest BCUT2D eigenvalue weighted by molar-refractivity contribution is 0.0115. The lowest BCUT2D eigenvalue weighted by atomic mass is 10.2. The van der Waals surface area contributed by atoms with E-state index in [-0.39, 0.29) is 12.6 Å². The van der Waals surface area contributed by atoms with Crippen molar-refractivity contribution in [2.24, 2.45) is 0 Å². The first-order chi connectivity index (χ1) is 8.63. The second-order valence-electron chi connectivity index (χ2n) is 4.40. The topological polar surface area (TPSA) is 56.5 Å². The molecule has 0 spiro atoms. The molecular formula is C14H20N2O2. The van der Waals surface area contributed by atoms with Gasteiger partial charge in [-0.25, -0.2) is 0 Å². The van der Waals surface area contributed by atoms with Crippen LogP contribution in [0.4, 0.5) is 0 Å². The normalized spacial score (nSPS) is 14.2. The minimum absolute atomic E-state index is 0.200. The fraction of sp³-hybridized carbons (Fsp3) is 0.500. The first kappa shape index (κ1) is 14.7. The van der Waals surface area contributed by atoms with E-state index in [1.807, 2.05) is 37.4 Å². The number of benzene rings is 1. The summed E-state index contributed by atoms with van der Waals surface area (Å²) in [5, 5.41) is 18.5. The number of aliphatic hydroxyl groups excluding tert-OH is 1. The predicted octanol–water partition coefficient (Wildman–Crippen LogP) is 1.41. The van der Waals surface area contributed by atoms with Gasteiger partial charge in [-0.15, -0.1) is 0 Å². The van der Waals surface area contributed by atoms with Gasteiger partial charge in [-0.3, -0.25) is 4.90 Å². The molecule has 0 aliphatic heterocycles. The summed E-state index contributed by atoms with van der Waals surface area (Å²) in [5.74, 6) is 0. The van der Waals surface area contributed by atoms with Crippen molar-refractivity contribution in [1.29, 1.82) is 5.26 Å². The van der Waals surface area contributed by atoms with Crippen LogP contribution in [0.15, 0.2) is 30.3 Å². The number of nitrogens with zero attached hydrogens (tertiary/aromatic N) is 2. The van der Waals surface area contributed by atoms with Gasteiger partial charge in [0.25, 0.3) is 0 Å². The fourth-order valence-electron chi connectivity index (χ4n) is 1.53. The molecule has 0 radical (unpaired) electrons. The van der Waals surface area contributed by atoms with Crippen molar-refractivity contribution in [2.45, 2.75) is 25.7 Å². The maximum Gasteiger partial charge on any atom is 0.0947 e. The molecule has 1 rings (SSSR count). The Morgan fingerprint density at radius 2 is 2.06 bits per heavy atom. The third-order valence-corrected chi connectivity index (χ3v) is 2.77. The van der Waals surface area contributed by atoms with Crippen LogP contribution < -0.4 is 0 Å². The highest BCUT2D eigenvalue weighted by molar-refractivity contribution is 5.13. The predicted molar refractivity (Wildman–Crippen MR) is 69.8 cm³/mol. The zero-order valence-electron chi connectivity index (χ0n) is 10.9. The maximum atomic E-state index is 9.77. The van der Waals surface area contributed by atoms with E-state index in [0.717, 1.165) is 5.56 Å². The second-order valence-corrected chi connectivity index (χ2v) is 4.40. The number of hydrogen-bond donors (Lipinski definition) is 1. The van der Waals surface area contributed by atoms with E-state index < -0.39 is 6.10 Å². The molecule has 1 N–H and O–H groups in total. The lowest BCUT2D eigenvalue weighted by Crippen LogP contribution is -2.37. The average Bonchev–Trinajstić information content (AvgIpc) is 2.38. The van der Waals surface area contributed by atoms with Gasteiger partial charge in [0.15, 0.2) is 0 Å². The molecule has 1 aromatic carbocycles. The minimum atomic E-state index is -0.575. The quantitative estimate of drug-likeness (QED) is 0.792. The number of likely N-dealkylation sites (N-methyl/N-ethyl adjacent to an activating group) is 1.